The van der Waals surface area contributed by atoms with Gasteiger partial charge in [0.2, 0.25) is 0 Å². The van der Waals surface area contributed by atoms with Gasteiger partial charge in [0.1, 0.15) is 0 Å². The molecule has 2 saturated heterocycles. The summed E-state index contributed by atoms with van der Waals surface area (Å²) in [6, 6.07) is 0.841. The summed E-state index contributed by atoms with van der Waals surface area (Å²) in [5.41, 5.74) is 5.78. The van der Waals surface area contributed by atoms with Crippen molar-refractivity contribution < 1.29 is 0 Å². The third kappa shape index (κ3) is 3.67. The van der Waals surface area contributed by atoms with Crippen LogP contribution in [0.25, 0.3) is 0 Å². The highest BCUT2D eigenvalue weighted by Crippen LogP contribution is 2.23. The van der Waals surface area contributed by atoms with Crippen LogP contribution < -0.4 is 5.73 Å². The van der Waals surface area contributed by atoms with Crippen LogP contribution in [0.15, 0.2) is 0 Å². The van der Waals surface area contributed by atoms with Crippen molar-refractivity contribution in [1.82, 2.24) is 9.80 Å². The predicted octanol–water partition coefficient (Wildman–Crippen LogP) is 1.53. The number of rotatable bonds is 4. The van der Waals surface area contributed by atoms with Crippen molar-refractivity contribution in [3.63, 3.8) is 0 Å². The lowest BCUT2D eigenvalue weighted by molar-refractivity contribution is 0.208. The van der Waals surface area contributed by atoms with Crippen LogP contribution >= 0.6 is 0 Å². The molecule has 3 nitrogen and oxygen atoms in total. The Morgan fingerprint density at radius 3 is 2.71 bits per heavy atom. The Labute approximate surface area is 106 Å². The molecule has 2 N–H and O–H groups in total. The molecule has 2 rings (SSSR count). The van der Waals surface area contributed by atoms with Gasteiger partial charge in [0.25, 0.3) is 0 Å². The summed E-state index contributed by atoms with van der Waals surface area (Å²) in [6.07, 6.45) is 6.78. The monoisotopic (exact) mass is 239 g/mol. The van der Waals surface area contributed by atoms with Crippen LogP contribution in [-0.4, -0.2) is 55.1 Å². The summed E-state index contributed by atoms with van der Waals surface area (Å²) in [7, 11) is 0. The zero-order valence-electron chi connectivity index (χ0n) is 11.4. The van der Waals surface area contributed by atoms with Gasteiger partial charge in [0.15, 0.2) is 0 Å². The quantitative estimate of drug-likeness (QED) is 0.807. The largest absolute Gasteiger partial charge is 0.330 e. The number of nitrogens with zero attached hydrogens (tertiary/aromatic N) is 2. The highest BCUT2D eigenvalue weighted by Gasteiger charge is 2.28. The smallest absolute Gasteiger partial charge is 0.0108 e. The average molecular weight is 239 g/mol. The van der Waals surface area contributed by atoms with E-state index in [2.05, 4.69) is 16.7 Å². The second-order valence-corrected chi connectivity index (χ2v) is 5.81. The van der Waals surface area contributed by atoms with Gasteiger partial charge in [-0.05, 0) is 70.7 Å². The Morgan fingerprint density at radius 1 is 1.12 bits per heavy atom. The van der Waals surface area contributed by atoms with Crippen LogP contribution in [0.2, 0.25) is 0 Å². The molecule has 3 heteroatoms. The molecule has 0 amide bonds. The maximum Gasteiger partial charge on any atom is 0.0108 e. The van der Waals surface area contributed by atoms with E-state index >= 15 is 0 Å². The zero-order valence-corrected chi connectivity index (χ0v) is 11.4. The predicted molar refractivity (Wildman–Crippen MR) is 73.1 cm³/mol. The van der Waals surface area contributed by atoms with Crippen molar-refractivity contribution in [3.8, 4) is 0 Å². The van der Waals surface area contributed by atoms with Crippen LogP contribution in [-0.2, 0) is 0 Å². The minimum absolute atomic E-state index is 0.769. The van der Waals surface area contributed by atoms with Crippen molar-refractivity contribution >= 4 is 0 Å². The van der Waals surface area contributed by atoms with Crippen molar-refractivity contribution in [3.05, 3.63) is 0 Å². The fourth-order valence-electron chi connectivity index (χ4n) is 3.43. The molecule has 0 aromatic heterocycles. The maximum absolute atomic E-state index is 5.78. The van der Waals surface area contributed by atoms with E-state index in [1.807, 2.05) is 0 Å². The first-order valence-electron chi connectivity index (χ1n) is 7.50. The molecule has 0 aromatic rings. The molecular weight excluding hydrogens is 210 g/mol. The lowest BCUT2D eigenvalue weighted by Gasteiger charge is -2.27. The second-order valence-electron chi connectivity index (χ2n) is 5.81. The van der Waals surface area contributed by atoms with E-state index in [0.29, 0.717) is 0 Å². The first-order valence-corrected chi connectivity index (χ1v) is 7.50. The molecular formula is C14H29N3. The molecule has 2 unspecified atom stereocenters. The van der Waals surface area contributed by atoms with E-state index in [1.54, 1.807) is 0 Å². The van der Waals surface area contributed by atoms with Crippen LogP contribution in [0.3, 0.4) is 0 Å². The summed E-state index contributed by atoms with van der Waals surface area (Å²) >= 11 is 0. The lowest BCUT2D eigenvalue weighted by atomic mass is 10.1. The number of likely N-dealkylation sites (tertiary alicyclic amines) is 2. The van der Waals surface area contributed by atoms with E-state index in [1.165, 1.54) is 64.8 Å². The van der Waals surface area contributed by atoms with Gasteiger partial charge in [-0.1, -0.05) is 6.92 Å². The lowest BCUT2D eigenvalue weighted by Crippen LogP contribution is -2.35. The van der Waals surface area contributed by atoms with Gasteiger partial charge >= 0.3 is 0 Å². The molecule has 0 spiro atoms. The topological polar surface area (TPSA) is 32.5 Å². The third-order valence-electron chi connectivity index (χ3n) is 4.50. The number of hydrogen-bond donors (Lipinski definition) is 1. The Kier molecular flexibility index (Phi) is 5.26. The molecule has 0 bridgehead atoms. The first-order chi connectivity index (χ1) is 8.33. The number of hydrogen-bond acceptors (Lipinski definition) is 3. The van der Waals surface area contributed by atoms with E-state index in [9.17, 15) is 0 Å². The SMILES string of the molecule is CCCN1CCCC(N2CCC(CN)C2)CC1. The standard InChI is InChI=1S/C14H29N3/c1-2-7-16-8-3-4-14(6-9-16)17-10-5-13(11-15)12-17/h13-14H,2-12,15H2,1H3. The summed E-state index contributed by atoms with van der Waals surface area (Å²) in [5, 5.41) is 0. The maximum atomic E-state index is 5.78. The zero-order chi connectivity index (χ0) is 12.1. The Bertz CT molecular complexity index is 220. The molecule has 17 heavy (non-hydrogen) atoms. The fourth-order valence-corrected chi connectivity index (χ4v) is 3.43. The highest BCUT2D eigenvalue weighted by atomic mass is 15.2. The van der Waals surface area contributed by atoms with Crippen molar-refractivity contribution in [2.45, 2.75) is 45.1 Å². The van der Waals surface area contributed by atoms with Gasteiger partial charge < -0.3 is 15.5 Å². The van der Waals surface area contributed by atoms with Crippen molar-refractivity contribution in [1.29, 1.82) is 0 Å². The molecule has 2 aliphatic rings. The second kappa shape index (κ2) is 6.72. The fraction of sp³-hybridized carbons (Fsp3) is 1.00. The summed E-state index contributed by atoms with van der Waals surface area (Å²) < 4.78 is 0. The molecule has 100 valence electrons. The van der Waals surface area contributed by atoms with Crippen LogP contribution in [0.5, 0.6) is 0 Å². The average Bonchev–Trinajstić information content (AvgIpc) is 2.70. The van der Waals surface area contributed by atoms with Gasteiger partial charge in [-0.3, -0.25) is 0 Å². The molecule has 0 saturated carbocycles. The van der Waals surface area contributed by atoms with E-state index in [-0.39, 0.29) is 0 Å². The molecule has 2 aliphatic heterocycles. The van der Waals surface area contributed by atoms with E-state index < -0.39 is 0 Å². The van der Waals surface area contributed by atoms with Gasteiger partial charge in [0.05, 0.1) is 0 Å². The summed E-state index contributed by atoms with van der Waals surface area (Å²) in [4.78, 5) is 5.36. The molecule has 0 radical (unpaired) electrons. The van der Waals surface area contributed by atoms with Gasteiger partial charge in [0, 0.05) is 12.6 Å². The highest BCUT2D eigenvalue weighted by molar-refractivity contribution is 4.84. The molecule has 2 fully saturated rings. The van der Waals surface area contributed by atoms with Crippen LogP contribution in [0.1, 0.15) is 39.0 Å². The van der Waals surface area contributed by atoms with E-state index in [4.69, 9.17) is 5.73 Å². The van der Waals surface area contributed by atoms with Crippen LogP contribution in [0.4, 0.5) is 0 Å². The molecule has 0 aromatic carbocycles. The van der Waals surface area contributed by atoms with Gasteiger partial charge in [-0.2, -0.15) is 0 Å². The third-order valence-corrected chi connectivity index (χ3v) is 4.50. The molecule has 2 heterocycles. The van der Waals surface area contributed by atoms with Crippen molar-refractivity contribution in [2.75, 3.05) is 39.3 Å². The molecule has 0 aliphatic carbocycles. The summed E-state index contributed by atoms with van der Waals surface area (Å²) in [6.45, 7) is 9.63. The van der Waals surface area contributed by atoms with Crippen LogP contribution in [0, 0.1) is 5.92 Å². The minimum atomic E-state index is 0.769. The Morgan fingerprint density at radius 2 is 2.00 bits per heavy atom. The first kappa shape index (κ1) is 13.3. The normalized spacial score (nSPS) is 32.8. The van der Waals surface area contributed by atoms with Gasteiger partial charge in [-0.15, -0.1) is 0 Å². The van der Waals surface area contributed by atoms with Gasteiger partial charge in [-0.25, -0.2) is 0 Å². The van der Waals surface area contributed by atoms with E-state index in [0.717, 1.165) is 18.5 Å². The number of nitrogens with two attached hydrogens (primary N) is 1. The Hall–Kier alpha value is -0.120. The summed E-state index contributed by atoms with van der Waals surface area (Å²) in [5.74, 6) is 0.769. The van der Waals surface area contributed by atoms with Crippen molar-refractivity contribution in [2.24, 2.45) is 11.7 Å². The Balaban J connectivity index is 1.78. The molecule has 2 atom stereocenters. The minimum Gasteiger partial charge on any atom is -0.330 e.